The van der Waals surface area contributed by atoms with Crippen LogP contribution < -0.4 is 34.7 Å². The van der Waals surface area contributed by atoms with Gasteiger partial charge in [-0.15, -0.1) is 0 Å². The first-order chi connectivity index (χ1) is 3.57. The molecule has 0 aliphatic heterocycles. The van der Waals surface area contributed by atoms with E-state index in [9.17, 15) is 9.90 Å². The van der Waals surface area contributed by atoms with Crippen molar-refractivity contribution >= 4 is 5.97 Å². The average Bonchev–Trinajstić information content (AvgIpc) is 2.17. The summed E-state index contributed by atoms with van der Waals surface area (Å²) in [5.74, 6) is -1.46. The molecule has 0 amide bonds. The van der Waals surface area contributed by atoms with Gasteiger partial charge in [-0.1, -0.05) is 6.92 Å². The van der Waals surface area contributed by atoms with Crippen LogP contribution in [0, 0.1) is 5.92 Å². The second-order valence-corrected chi connectivity index (χ2v) is 2.32. The molecule has 1 N–H and O–H groups in total. The Morgan fingerprint density at radius 2 is 2.22 bits per heavy atom. The van der Waals surface area contributed by atoms with Gasteiger partial charge in [0.15, 0.2) is 0 Å². The van der Waals surface area contributed by atoms with Gasteiger partial charge in [0.2, 0.25) is 0 Å². The number of carbonyl (C=O) groups is 1. The number of carboxylic acids is 1. The molecule has 1 saturated carbocycles. The topological polar surface area (TPSA) is 60.4 Å². The van der Waals surface area contributed by atoms with Gasteiger partial charge in [0.05, 0.1) is 5.97 Å². The predicted molar refractivity (Wildman–Crippen MR) is 23.7 cm³/mol. The summed E-state index contributed by atoms with van der Waals surface area (Å²) in [7, 11) is 0. The average molecular weight is 138 g/mol. The van der Waals surface area contributed by atoms with E-state index in [4.69, 9.17) is 5.11 Å². The van der Waals surface area contributed by atoms with E-state index >= 15 is 0 Å². The third-order valence-corrected chi connectivity index (χ3v) is 1.63. The zero-order chi connectivity index (χ0) is 6.36. The molecule has 0 bridgehead atoms. The molecule has 0 aromatic rings. The van der Waals surface area contributed by atoms with Crippen LogP contribution >= 0.6 is 0 Å². The second-order valence-electron chi connectivity index (χ2n) is 2.32. The SMILES string of the molecule is CC1CC1(O)C(=O)[O-].[Na+]. The van der Waals surface area contributed by atoms with E-state index in [1.54, 1.807) is 6.92 Å². The molecule has 1 aliphatic rings. The molecule has 4 heteroatoms. The van der Waals surface area contributed by atoms with Crippen LogP contribution in [0.2, 0.25) is 0 Å². The molecule has 9 heavy (non-hydrogen) atoms. The number of carboxylic acid groups (broad SMARTS) is 1. The number of rotatable bonds is 1. The Hall–Kier alpha value is 0.430. The van der Waals surface area contributed by atoms with Crippen molar-refractivity contribution in [1.82, 2.24) is 0 Å². The molecule has 0 heterocycles. The summed E-state index contributed by atoms with van der Waals surface area (Å²) in [6.45, 7) is 1.68. The van der Waals surface area contributed by atoms with E-state index in [1.807, 2.05) is 0 Å². The van der Waals surface area contributed by atoms with E-state index in [2.05, 4.69) is 0 Å². The number of carbonyl (C=O) groups excluding carboxylic acids is 1. The van der Waals surface area contributed by atoms with Crippen molar-refractivity contribution < 1.29 is 44.6 Å². The Labute approximate surface area is 75.4 Å². The third kappa shape index (κ3) is 1.46. The number of aliphatic hydroxyl groups is 1. The first-order valence-electron chi connectivity index (χ1n) is 2.51. The molecule has 0 spiro atoms. The fourth-order valence-corrected chi connectivity index (χ4v) is 0.692. The van der Waals surface area contributed by atoms with Crippen LogP contribution in [0.15, 0.2) is 0 Å². The van der Waals surface area contributed by atoms with Gasteiger partial charge in [0, 0.05) is 0 Å². The molecule has 0 aromatic heterocycles. The summed E-state index contributed by atoms with van der Waals surface area (Å²) in [4.78, 5) is 9.93. The predicted octanol–water partition coefficient (Wildman–Crippen LogP) is -4.49. The van der Waals surface area contributed by atoms with Crippen LogP contribution in [0.5, 0.6) is 0 Å². The van der Waals surface area contributed by atoms with E-state index in [0.717, 1.165) is 0 Å². The van der Waals surface area contributed by atoms with Crippen LogP contribution in [0.4, 0.5) is 0 Å². The Balaban J connectivity index is 0.000000640. The van der Waals surface area contributed by atoms with E-state index in [0.29, 0.717) is 6.42 Å². The summed E-state index contributed by atoms with van der Waals surface area (Å²) in [5, 5.41) is 18.7. The Kier molecular flexibility index (Phi) is 2.70. The van der Waals surface area contributed by atoms with Crippen molar-refractivity contribution in [2.45, 2.75) is 18.9 Å². The molecule has 0 saturated heterocycles. The van der Waals surface area contributed by atoms with Gasteiger partial charge in [-0.3, -0.25) is 0 Å². The smallest absolute Gasteiger partial charge is 0.547 e. The Morgan fingerprint density at radius 3 is 2.22 bits per heavy atom. The van der Waals surface area contributed by atoms with E-state index in [1.165, 1.54) is 0 Å². The summed E-state index contributed by atoms with van der Waals surface area (Å²) >= 11 is 0. The zero-order valence-corrected chi connectivity index (χ0v) is 7.55. The summed E-state index contributed by atoms with van der Waals surface area (Å²) < 4.78 is 0. The second kappa shape index (κ2) is 2.58. The molecule has 46 valence electrons. The van der Waals surface area contributed by atoms with Gasteiger partial charge in [-0.2, -0.15) is 0 Å². The van der Waals surface area contributed by atoms with Crippen molar-refractivity contribution in [2.24, 2.45) is 5.92 Å². The van der Waals surface area contributed by atoms with E-state index < -0.39 is 11.6 Å². The standard InChI is InChI=1S/C5H8O3.Na/c1-3-2-5(3,8)4(6)7;/h3,8H,2H2,1H3,(H,6,7);/q;+1/p-1. The maximum Gasteiger partial charge on any atom is 1.00 e. The Morgan fingerprint density at radius 1 is 1.89 bits per heavy atom. The van der Waals surface area contributed by atoms with Crippen molar-refractivity contribution in [3.05, 3.63) is 0 Å². The number of aliphatic carboxylic acids is 1. The Bertz CT molecular complexity index is 136. The molecule has 1 aliphatic carbocycles. The maximum atomic E-state index is 9.93. The van der Waals surface area contributed by atoms with Crippen molar-refractivity contribution in [1.29, 1.82) is 0 Å². The fraction of sp³-hybridized carbons (Fsp3) is 0.800. The van der Waals surface area contributed by atoms with Crippen LogP contribution in [0.25, 0.3) is 0 Å². The summed E-state index contributed by atoms with van der Waals surface area (Å²) in [5.41, 5.74) is -1.49. The molecular weight excluding hydrogens is 131 g/mol. The fourth-order valence-electron chi connectivity index (χ4n) is 0.692. The maximum absolute atomic E-state index is 9.93. The van der Waals surface area contributed by atoms with Crippen molar-refractivity contribution in [3.8, 4) is 0 Å². The van der Waals surface area contributed by atoms with Gasteiger partial charge in [0.25, 0.3) is 0 Å². The monoisotopic (exact) mass is 138 g/mol. The summed E-state index contributed by atoms with van der Waals surface area (Å²) in [6, 6.07) is 0. The number of hydrogen-bond donors (Lipinski definition) is 1. The minimum Gasteiger partial charge on any atom is -0.547 e. The van der Waals surface area contributed by atoms with Gasteiger partial charge in [-0.25, -0.2) is 0 Å². The molecule has 0 radical (unpaired) electrons. The molecular formula is C5H7NaO3. The van der Waals surface area contributed by atoms with E-state index in [-0.39, 0.29) is 35.5 Å². The van der Waals surface area contributed by atoms with Gasteiger partial charge >= 0.3 is 29.6 Å². The molecule has 1 rings (SSSR count). The zero-order valence-electron chi connectivity index (χ0n) is 5.55. The van der Waals surface area contributed by atoms with Crippen molar-refractivity contribution in [2.75, 3.05) is 0 Å². The molecule has 3 nitrogen and oxygen atoms in total. The normalized spacial score (nSPS) is 39.1. The number of hydrogen-bond acceptors (Lipinski definition) is 3. The summed E-state index contributed by atoms with van der Waals surface area (Å²) in [6.07, 6.45) is 0.343. The molecule has 2 atom stereocenters. The quantitative estimate of drug-likeness (QED) is 0.371. The van der Waals surface area contributed by atoms with Crippen LogP contribution in [-0.4, -0.2) is 16.7 Å². The first kappa shape index (κ1) is 9.43. The van der Waals surface area contributed by atoms with Crippen LogP contribution in [0.3, 0.4) is 0 Å². The largest absolute Gasteiger partial charge is 1.00 e. The minimum absolute atomic E-state index is 0. The molecule has 0 aromatic carbocycles. The van der Waals surface area contributed by atoms with Crippen LogP contribution in [-0.2, 0) is 4.79 Å². The first-order valence-corrected chi connectivity index (χ1v) is 2.51. The van der Waals surface area contributed by atoms with Crippen molar-refractivity contribution in [3.63, 3.8) is 0 Å². The third-order valence-electron chi connectivity index (χ3n) is 1.63. The molecule has 1 fully saturated rings. The van der Waals surface area contributed by atoms with Gasteiger partial charge in [-0.05, 0) is 12.3 Å². The van der Waals surface area contributed by atoms with Gasteiger partial charge < -0.3 is 15.0 Å². The van der Waals surface area contributed by atoms with Gasteiger partial charge in [0.1, 0.15) is 5.60 Å². The minimum atomic E-state index is -1.49. The molecule has 2 unspecified atom stereocenters. The van der Waals surface area contributed by atoms with Crippen LogP contribution in [0.1, 0.15) is 13.3 Å².